The largest absolute Gasteiger partial charge is 0.508 e. The third kappa shape index (κ3) is 3.13. The van der Waals surface area contributed by atoms with Crippen molar-refractivity contribution in [3.8, 4) is 0 Å². The van der Waals surface area contributed by atoms with Crippen LogP contribution in [-0.4, -0.2) is 5.11 Å². The topological polar surface area (TPSA) is 20.2 Å². The Labute approximate surface area is 62.4 Å². The molecule has 0 amide bonds. The molecule has 0 aromatic carbocycles. The molecule has 0 unspecified atom stereocenters. The van der Waals surface area contributed by atoms with Gasteiger partial charge in [-0.2, -0.15) is 0 Å². The van der Waals surface area contributed by atoms with E-state index in [0.717, 1.165) is 17.6 Å². The molecule has 1 N–H and O–H groups in total. The van der Waals surface area contributed by atoms with Crippen molar-refractivity contribution in [2.75, 3.05) is 0 Å². The van der Waals surface area contributed by atoms with Gasteiger partial charge in [-0.05, 0) is 25.0 Å². The van der Waals surface area contributed by atoms with Gasteiger partial charge in [-0.3, -0.25) is 0 Å². The lowest BCUT2D eigenvalue weighted by Crippen LogP contribution is -1.84. The van der Waals surface area contributed by atoms with Gasteiger partial charge in [-0.25, -0.2) is 0 Å². The molecular formula is C9H14O. The van der Waals surface area contributed by atoms with Gasteiger partial charge in [0, 0.05) is 0 Å². The molecule has 0 aliphatic heterocycles. The van der Waals surface area contributed by atoms with Crippen molar-refractivity contribution in [1.82, 2.24) is 0 Å². The Hall–Kier alpha value is -0.980. The molecule has 0 aromatic rings. The van der Waals surface area contributed by atoms with Gasteiger partial charge >= 0.3 is 0 Å². The Morgan fingerprint density at radius 1 is 1.50 bits per heavy atom. The molecule has 0 fully saturated rings. The second-order valence-corrected chi connectivity index (χ2v) is 2.33. The Morgan fingerprint density at radius 3 is 2.30 bits per heavy atom. The molecule has 0 saturated carbocycles. The van der Waals surface area contributed by atoms with E-state index < -0.39 is 0 Å². The van der Waals surface area contributed by atoms with Crippen LogP contribution in [-0.2, 0) is 0 Å². The third-order valence-corrected chi connectivity index (χ3v) is 1.17. The van der Waals surface area contributed by atoms with Crippen molar-refractivity contribution in [3.63, 3.8) is 0 Å². The average molecular weight is 138 g/mol. The molecule has 10 heavy (non-hydrogen) atoms. The molecule has 0 bridgehead atoms. The van der Waals surface area contributed by atoms with Gasteiger partial charge < -0.3 is 5.11 Å². The quantitative estimate of drug-likeness (QED) is 0.469. The molecule has 1 heteroatoms. The molecule has 0 atom stereocenters. The Morgan fingerprint density at radius 2 is 2.00 bits per heavy atom. The number of aliphatic hydroxyl groups is 1. The van der Waals surface area contributed by atoms with Crippen LogP contribution in [0.25, 0.3) is 0 Å². The van der Waals surface area contributed by atoms with E-state index in [2.05, 4.69) is 13.2 Å². The van der Waals surface area contributed by atoms with Crippen molar-refractivity contribution in [2.24, 2.45) is 0 Å². The van der Waals surface area contributed by atoms with Crippen molar-refractivity contribution < 1.29 is 5.11 Å². The van der Waals surface area contributed by atoms with Gasteiger partial charge in [0.25, 0.3) is 0 Å². The van der Waals surface area contributed by atoms with E-state index in [1.54, 1.807) is 6.08 Å². The highest BCUT2D eigenvalue weighted by molar-refractivity contribution is 5.27. The predicted octanol–water partition coefficient (Wildman–Crippen LogP) is 2.97. The van der Waals surface area contributed by atoms with Gasteiger partial charge in [0.05, 0.1) is 0 Å². The van der Waals surface area contributed by atoms with E-state index in [9.17, 15) is 5.11 Å². The van der Waals surface area contributed by atoms with Crippen LogP contribution in [0.3, 0.4) is 0 Å². The lowest BCUT2D eigenvalue weighted by molar-refractivity contribution is 0.420. The van der Waals surface area contributed by atoms with Gasteiger partial charge in [0.1, 0.15) is 5.76 Å². The first-order valence-corrected chi connectivity index (χ1v) is 3.32. The Balaban J connectivity index is 4.19. The van der Waals surface area contributed by atoms with Crippen LogP contribution in [0.1, 0.15) is 20.3 Å². The number of hydrogen-bond donors (Lipinski definition) is 1. The lowest BCUT2D eigenvalue weighted by Gasteiger charge is -1.99. The van der Waals surface area contributed by atoms with E-state index in [1.807, 2.05) is 13.8 Å². The van der Waals surface area contributed by atoms with Crippen molar-refractivity contribution in [2.45, 2.75) is 20.3 Å². The van der Waals surface area contributed by atoms with Crippen molar-refractivity contribution >= 4 is 0 Å². The minimum absolute atomic E-state index is 0.245. The molecular weight excluding hydrogens is 124 g/mol. The van der Waals surface area contributed by atoms with E-state index >= 15 is 0 Å². The maximum atomic E-state index is 9.19. The summed E-state index contributed by atoms with van der Waals surface area (Å²) in [4.78, 5) is 0. The van der Waals surface area contributed by atoms with Crippen molar-refractivity contribution in [3.05, 3.63) is 36.1 Å². The van der Waals surface area contributed by atoms with E-state index in [4.69, 9.17) is 0 Å². The fourth-order valence-corrected chi connectivity index (χ4v) is 0.517. The van der Waals surface area contributed by atoms with E-state index in [-0.39, 0.29) is 5.76 Å². The highest BCUT2D eigenvalue weighted by Crippen LogP contribution is 2.09. The maximum Gasteiger partial charge on any atom is 0.118 e. The summed E-state index contributed by atoms with van der Waals surface area (Å²) in [7, 11) is 0. The SMILES string of the molecule is C=C(C)/C=C(/O)C(=C)CC. The molecule has 1 nitrogen and oxygen atoms in total. The smallest absolute Gasteiger partial charge is 0.118 e. The van der Waals surface area contributed by atoms with Crippen LogP contribution < -0.4 is 0 Å². The Bertz CT molecular complexity index is 175. The Kier molecular flexibility index (Phi) is 3.55. The zero-order valence-electron chi connectivity index (χ0n) is 6.65. The van der Waals surface area contributed by atoms with E-state index in [1.165, 1.54) is 0 Å². The average Bonchev–Trinajstić information content (AvgIpc) is 1.85. The van der Waals surface area contributed by atoms with Gasteiger partial charge in [-0.1, -0.05) is 25.7 Å². The fourth-order valence-electron chi connectivity index (χ4n) is 0.517. The van der Waals surface area contributed by atoms with Crippen LogP contribution in [0.2, 0.25) is 0 Å². The van der Waals surface area contributed by atoms with E-state index in [0.29, 0.717) is 0 Å². The first-order valence-electron chi connectivity index (χ1n) is 3.32. The molecule has 0 aliphatic rings. The number of allylic oxidation sites excluding steroid dienone is 3. The van der Waals surface area contributed by atoms with Crippen LogP contribution in [0.5, 0.6) is 0 Å². The molecule has 0 radical (unpaired) electrons. The summed E-state index contributed by atoms with van der Waals surface area (Å²) in [6, 6.07) is 0. The molecule has 0 spiro atoms. The number of rotatable bonds is 3. The van der Waals surface area contributed by atoms with Crippen LogP contribution >= 0.6 is 0 Å². The summed E-state index contributed by atoms with van der Waals surface area (Å²) in [5.74, 6) is 0.245. The highest BCUT2D eigenvalue weighted by atomic mass is 16.3. The molecule has 56 valence electrons. The molecule has 0 rings (SSSR count). The van der Waals surface area contributed by atoms with Gasteiger partial charge in [0.15, 0.2) is 0 Å². The number of hydrogen-bond acceptors (Lipinski definition) is 1. The van der Waals surface area contributed by atoms with Gasteiger partial charge in [0.2, 0.25) is 0 Å². The summed E-state index contributed by atoms with van der Waals surface area (Å²) >= 11 is 0. The van der Waals surface area contributed by atoms with Gasteiger partial charge in [-0.15, -0.1) is 0 Å². The monoisotopic (exact) mass is 138 g/mol. The zero-order chi connectivity index (χ0) is 8.15. The predicted molar refractivity (Wildman–Crippen MR) is 45.0 cm³/mol. The lowest BCUT2D eigenvalue weighted by atomic mass is 10.1. The fraction of sp³-hybridized carbons (Fsp3) is 0.333. The second-order valence-electron chi connectivity index (χ2n) is 2.33. The first kappa shape index (κ1) is 9.02. The van der Waals surface area contributed by atoms with Crippen LogP contribution in [0.15, 0.2) is 36.1 Å². The van der Waals surface area contributed by atoms with Crippen molar-refractivity contribution in [1.29, 1.82) is 0 Å². The summed E-state index contributed by atoms with van der Waals surface area (Å²) < 4.78 is 0. The van der Waals surface area contributed by atoms with Crippen LogP contribution in [0.4, 0.5) is 0 Å². The standard InChI is InChI=1S/C9H14O/c1-5-8(4)9(10)6-7(2)3/h6,10H,2,4-5H2,1,3H3/b9-6+. The number of aliphatic hydroxyl groups excluding tert-OH is 1. The highest BCUT2D eigenvalue weighted by Gasteiger charge is 1.94. The summed E-state index contributed by atoms with van der Waals surface area (Å²) in [6.07, 6.45) is 2.39. The minimum Gasteiger partial charge on any atom is -0.508 e. The maximum absolute atomic E-state index is 9.19. The summed E-state index contributed by atoms with van der Waals surface area (Å²) in [6.45, 7) is 11.1. The molecule has 0 saturated heterocycles. The normalized spacial score (nSPS) is 11.2. The second kappa shape index (κ2) is 3.94. The first-order chi connectivity index (χ1) is 4.57. The van der Waals surface area contributed by atoms with Crippen LogP contribution in [0, 0.1) is 0 Å². The zero-order valence-corrected chi connectivity index (χ0v) is 6.65. The molecule has 0 aromatic heterocycles. The minimum atomic E-state index is 0.245. The third-order valence-electron chi connectivity index (χ3n) is 1.17. The molecule has 0 heterocycles. The summed E-state index contributed by atoms with van der Waals surface area (Å²) in [5.41, 5.74) is 1.59. The summed E-state index contributed by atoms with van der Waals surface area (Å²) in [5, 5.41) is 9.19. The molecule has 0 aliphatic carbocycles.